The topological polar surface area (TPSA) is 97.4 Å². The molecule has 3 aromatic carbocycles. The summed E-state index contributed by atoms with van der Waals surface area (Å²) in [6.07, 6.45) is 8.51. The lowest BCUT2D eigenvalue weighted by Crippen LogP contribution is -2.13. The van der Waals surface area contributed by atoms with E-state index in [1.54, 1.807) is 31.2 Å². The summed E-state index contributed by atoms with van der Waals surface area (Å²) in [5, 5.41) is 0. The summed E-state index contributed by atoms with van der Waals surface area (Å²) in [6, 6.07) is 23.7. The van der Waals surface area contributed by atoms with E-state index in [9.17, 15) is 14.4 Å². The van der Waals surface area contributed by atoms with Crippen LogP contribution < -0.4 is 9.47 Å². The second-order valence-electron chi connectivity index (χ2n) is 10.6. The lowest BCUT2D eigenvalue weighted by Gasteiger charge is -2.15. The number of rotatable bonds is 17. The van der Waals surface area contributed by atoms with Gasteiger partial charge in [-0.05, 0) is 84.4 Å². The number of allylic oxidation sites excluding steroid dienone is 3. The highest BCUT2D eigenvalue weighted by atomic mass is 16.5. The van der Waals surface area contributed by atoms with Crippen LogP contribution in [0.5, 0.6) is 11.5 Å². The van der Waals surface area contributed by atoms with Crippen molar-refractivity contribution in [2.45, 2.75) is 51.9 Å². The number of hydrogen-bond donors (Lipinski definition) is 0. The van der Waals surface area contributed by atoms with E-state index in [1.165, 1.54) is 0 Å². The van der Waals surface area contributed by atoms with Gasteiger partial charge in [-0.2, -0.15) is 0 Å². The van der Waals surface area contributed by atoms with E-state index in [0.717, 1.165) is 52.9 Å². The molecule has 0 spiro atoms. The molecule has 0 aromatic heterocycles. The van der Waals surface area contributed by atoms with Crippen molar-refractivity contribution in [2.75, 3.05) is 19.8 Å². The van der Waals surface area contributed by atoms with Crippen LogP contribution in [0.1, 0.15) is 51.9 Å². The van der Waals surface area contributed by atoms with E-state index in [4.69, 9.17) is 18.9 Å². The number of hydrogen-bond acceptors (Lipinski definition) is 8. The van der Waals surface area contributed by atoms with Crippen molar-refractivity contribution >= 4 is 17.9 Å². The van der Waals surface area contributed by atoms with Gasteiger partial charge >= 0.3 is 17.9 Å². The Morgan fingerprint density at radius 1 is 0.674 bits per heavy atom. The maximum atomic E-state index is 12.7. The number of benzene rings is 3. The first kappa shape index (κ1) is 33.8. The highest BCUT2D eigenvalue weighted by Crippen LogP contribution is 2.28. The van der Waals surface area contributed by atoms with E-state index in [0.29, 0.717) is 56.8 Å². The maximum absolute atomic E-state index is 12.7. The third-order valence-electron chi connectivity index (χ3n) is 7.23. The lowest BCUT2D eigenvalue weighted by atomic mass is 10.0. The summed E-state index contributed by atoms with van der Waals surface area (Å²) < 4.78 is 26.9. The molecule has 0 bridgehead atoms. The zero-order chi connectivity index (χ0) is 32.6. The Labute approximate surface area is 270 Å². The molecule has 0 fully saturated rings. The standard InChI is InChI=1S/C38H40O8/c1-3-36(39)45-26-6-5-25-43-33-19-13-30(14-20-33)28-9-11-29(12-10-28)31-15-23-35(24-16-31)46-38(41)32-17-21-34(22-18-32)44-27-7-8-37(40)42-4-2/h4,9-17,19-21,23-24H,2-3,5-8,18,22,25-27H2,1H3. The first-order chi connectivity index (χ1) is 22.4. The molecular weight excluding hydrogens is 584 g/mol. The molecule has 0 saturated carbocycles. The first-order valence-corrected chi connectivity index (χ1v) is 15.6. The molecule has 46 heavy (non-hydrogen) atoms. The third-order valence-corrected chi connectivity index (χ3v) is 7.23. The fraction of sp³-hybridized carbons (Fsp3) is 0.289. The van der Waals surface area contributed by atoms with Crippen molar-refractivity contribution in [1.29, 1.82) is 0 Å². The molecule has 0 unspecified atom stereocenters. The summed E-state index contributed by atoms with van der Waals surface area (Å²) in [7, 11) is 0. The Balaban J connectivity index is 1.21. The predicted molar refractivity (Wildman–Crippen MR) is 176 cm³/mol. The molecular formula is C38H40O8. The molecule has 0 heterocycles. The van der Waals surface area contributed by atoms with Crippen molar-refractivity contribution in [3.63, 3.8) is 0 Å². The van der Waals surface area contributed by atoms with Gasteiger partial charge in [0.25, 0.3) is 0 Å². The van der Waals surface area contributed by atoms with Crippen LogP contribution >= 0.6 is 0 Å². The molecule has 8 nitrogen and oxygen atoms in total. The van der Waals surface area contributed by atoms with E-state index in [2.05, 4.69) is 35.6 Å². The van der Waals surface area contributed by atoms with E-state index in [-0.39, 0.29) is 24.3 Å². The minimum Gasteiger partial charge on any atom is -0.498 e. The molecule has 0 N–H and O–H groups in total. The fourth-order valence-electron chi connectivity index (χ4n) is 4.65. The summed E-state index contributed by atoms with van der Waals surface area (Å²) >= 11 is 0. The summed E-state index contributed by atoms with van der Waals surface area (Å²) in [5.41, 5.74) is 4.82. The molecule has 0 amide bonds. The zero-order valence-electron chi connectivity index (χ0n) is 26.2. The van der Waals surface area contributed by atoms with Crippen molar-refractivity contribution in [1.82, 2.24) is 0 Å². The molecule has 0 radical (unpaired) electrons. The molecule has 0 atom stereocenters. The van der Waals surface area contributed by atoms with Crippen molar-refractivity contribution < 1.29 is 38.1 Å². The molecule has 0 saturated heterocycles. The van der Waals surface area contributed by atoms with Crippen LogP contribution in [0.15, 0.2) is 109 Å². The minimum atomic E-state index is -0.384. The Bertz CT molecular complexity index is 1520. The zero-order valence-corrected chi connectivity index (χ0v) is 26.2. The molecule has 1 aliphatic carbocycles. The average Bonchev–Trinajstić information content (AvgIpc) is 3.09. The smallest absolute Gasteiger partial charge is 0.339 e. The van der Waals surface area contributed by atoms with E-state index >= 15 is 0 Å². The third kappa shape index (κ3) is 10.8. The van der Waals surface area contributed by atoms with Gasteiger partial charge in [-0.15, -0.1) is 0 Å². The van der Waals surface area contributed by atoms with Gasteiger partial charge in [0.1, 0.15) is 11.5 Å². The number of esters is 3. The highest BCUT2D eigenvalue weighted by Gasteiger charge is 2.17. The second kappa shape index (κ2) is 18.0. The van der Waals surface area contributed by atoms with Crippen LogP contribution in [0, 0.1) is 0 Å². The van der Waals surface area contributed by atoms with Gasteiger partial charge in [-0.3, -0.25) is 9.59 Å². The second-order valence-corrected chi connectivity index (χ2v) is 10.6. The first-order valence-electron chi connectivity index (χ1n) is 15.6. The number of ether oxygens (including phenoxy) is 5. The molecule has 8 heteroatoms. The SMILES string of the molecule is C=COC(=O)CCCOC1=CC=C(C(=O)Oc2ccc(-c3ccc(-c4ccc(OCCCCOC(=O)CC)cc4)cc3)cc2)CC1. The quantitative estimate of drug-likeness (QED) is 0.0643. The number of carbonyl (C=O) groups excluding carboxylic acids is 3. The van der Waals surface area contributed by atoms with Crippen molar-refractivity contribution in [2.24, 2.45) is 0 Å². The Morgan fingerprint density at radius 2 is 1.24 bits per heavy atom. The maximum Gasteiger partial charge on any atom is 0.339 e. The lowest BCUT2D eigenvalue weighted by molar-refractivity contribution is -0.143. The average molecular weight is 625 g/mol. The normalized spacial score (nSPS) is 12.3. The van der Waals surface area contributed by atoms with Gasteiger partial charge in [0.2, 0.25) is 0 Å². The molecule has 0 aliphatic heterocycles. The van der Waals surface area contributed by atoms with Crippen molar-refractivity contribution in [3.05, 3.63) is 109 Å². The summed E-state index contributed by atoms with van der Waals surface area (Å²) in [4.78, 5) is 35.2. The molecule has 4 rings (SSSR count). The Kier molecular flexibility index (Phi) is 13.2. The summed E-state index contributed by atoms with van der Waals surface area (Å²) in [6.45, 7) is 6.54. The van der Waals surface area contributed by atoms with Crippen LogP contribution in [-0.2, 0) is 28.6 Å². The molecule has 3 aromatic rings. The van der Waals surface area contributed by atoms with Crippen molar-refractivity contribution in [3.8, 4) is 33.8 Å². The largest absolute Gasteiger partial charge is 0.498 e. The van der Waals surface area contributed by atoms with Gasteiger partial charge in [-0.25, -0.2) is 4.79 Å². The van der Waals surface area contributed by atoms with Gasteiger partial charge in [0.15, 0.2) is 0 Å². The van der Waals surface area contributed by atoms with Crippen LogP contribution in [0.25, 0.3) is 22.3 Å². The molecule has 240 valence electrons. The van der Waals surface area contributed by atoms with Crippen LogP contribution in [0.2, 0.25) is 0 Å². The molecule has 1 aliphatic rings. The van der Waals surface area contributed by atoms with Gasteiger partial charge < -0.3 is 23.7 Å². The van der Waals surface area contributed by atoms with E-state index < -0.39 is 0 Å². The van der Waals surface area contributed by atoms with Gasteiger partial charge in [-0.1, -0.05) is 62.0 Å². The Hall–Kier alpha value is -5.11. The van der Waals surface area contributed by atoms with E-state index in [1.807, 2.05) is 36.4 Å². The monoisotopic (exact) mass is 624 g/mol. The highest BCUT2D eigenvalue weighted by molar-refractivity contribution is 5.91. The van der Waals surface area contributed by atoms with Crippen LogP contribution in [-0.4, -0.2) is 37.7 Å². The van der Waals surface area contributed by atoms with Crippen LogP contribution in [0.4, 0.5) is 0 Å². The fourth-order valence-corrected chi connectivity index (χ4v) is 4.65. The van der Waals surface area contributed by atoms with Gasteiger partial charge in [0, 0.05) is 24.8 Å². The van der Waals surface area contributed by atoms with Gasteiger partial charge in [0.05, 0.1) is 31.8 Å². The Morgan fingerprint density at radius 3 is 1.80 bits per heavy atom. The van der Waals surface area contributed by atoms with Crippen LogP contribution in [0.3, 0.4) is 0 Å². The number of unbranched alkanes of at least 4 members (excludes halogenated alkanes) is 1. The minimum absolute atomic E-state index is 0.171. The number of carbonyl (C=O) groups is 3. The summed E-state index contributed by atoms with van der Waals surface area (Å²) in [5.74, 6) is 1.16. The predicted octanol–water partition coefficient (Wildman–Crippen LogP) is 8.13.